The van der Waals surface area contributed by atoms with Crippen LogP contribution in [0.25, 0.3) is 0 Å². The second kappa shape index (κ2) is 7.49. The number of nitrogens with zero attached hydrogens (tertiary/aromatic N) is 1. The van der Waals surface area contributed by atoms with Crippen LogP contribution < -0.4 is 5.56 Å². The van der Waals surface area contributed by atoms with Gasteiger partial charge in [0, 0.05) is 30.3 Å². The lowest BCUT2D eigenvalue weighted by Crippen LogP contribution is -2.55. The maximum Gasteiger partial charge on any atom is 0.255 e. The molecule has 1 aliphatic rings. The first kappa shape index (κ1) is 18.7. The van der Waals surface area contributed by atoms with Crippen LogP contribution in [0.5, 0.6) is 0 Å². The number of likely N-dealkylation sites (tertiary alicyclic amines) is 1. The second-order valence-corrected chi connectivity index (χ2v) is 7.11. The Kier molecular flexibility index (Phi) is 5.83. The van der Waals surface area contributed by atoms with Crippen LogP contribution in [-0.4, -0.2) is 51.8 Å². The zero-order chi connectivity index (χ0) is 17.9. The van der Waals surface area contributed by atoms with Gasteiger partial charge >= 0.3 is 0 Å². The van der Waals surface area contributed by atoms with E-state index in [0.29, 0.717) is 37.2 Å². The van der Waals surface area contributed by atoms with Gasteiger partial charge < -0.3 is 20.1 Å². The molecule has 1 saturated heterocycles. The number of aromatic nitrogens is 1. The minimum atomic E-state index is -0.664. The molecule has 0 aliphatic carbocycles. The maximum atomic E-state index is 13.0. The lowest BCUT2D eigenvalue weighted by Gasteiger charge is -2.45. The van der Waals surface area contributed by atoms with Crippen LogP contribution in [0, 0.1) is 5.41 Å². The normalized spacial score (nSPS) is 24.4. The van der Waals surface area contributed by atoms with Crippen LogP contribution in [0.3, 0.4) is 0 Å². The summed E-state index contributed by atoms with van der Waals surface area (Å²) >= 11 is 0. The van der Waals surface area contributed by atoms with Gasteiger partial charge in [-0.05, 0) is 24.8 Å². The summed E-state index contributed by atoms with van der Waals surface area (Å²) in [5.74, 6) is -0.137. The molecular formula is C18H28N2O4. The fraction of sp³-hybridized carbons (Fsp3) is 0.667. The zero-order valence-corrected chi connectivity index (χ0v) is 14.7. The summed E-state index contributed by atoms with van der Waals surface area (Å²) in [6.45, 7) is 6.49. The highest BCUT2D eigenvalue weighted by atomic mass is 16.3. The van der Waals surface area contributed by atoms with Gasteiger partial charge in [-0.1, -0.05) is 27.2 Å². The van der Waals surface area contributed by atoms with Crippen molar-refractivity contribution in [1.29, 1.82) is 0 Å². The second-order valence-electron chi connectivity index (χ2n) is 7.11. The van der Waals surface area contributed by atoms with Crippen LogP contribution in [0.1, 0.15) is 62.0 Å². The summed E-state index contributed by atoms with van der Waals surface area (Å²) in [6, 6.07) is 2.94. The van der Waals surface area contributed by atoms with Gasteiger partial charge in [0.15, 0.2) is 0 Å². The number of amides is 1. The van der Waals surface area contributed by atoms with Crippen molar-refractivity contribution in [2.24, 2.45) is 5.41 Å². The molecule has 134 valence electrons. The van der Waals surface area contributed by atoms with E-state index in [9.17, 15) is 19.8 Å². The van der Waals surface area contributed by atoms with Crippen molar-refractivity contribution in [1.82, 2.24) is 9.88 Å². The first-order valence-electron chi connectivity index (χ1n) is 8.66. The number of H-pyrrole nitrogens is 1. The molecule has 2 atom stereocenters. The van der Waals surface area contributed by atoms with E-state index in [2.05, 4.69) is 4.98 Å². The van der Waals surface area contributed by atoms with Gasteiger partial charge in [0.1, 0.15) is 0 Å². The van der Waals surface area contributed by atoms with Crippen molar-refractivity contribution in [3.63, 3.8) is 0 Å². The lowest BCUT2D eigenvalue weighted by atomic mass is 9.74. The van der Waals surface area contributed by atoms with E-state index >= 15 is 0 Å². The third-order valence-electron chi connectivity index (χ3n) is 4.99. The quantitative estimate of drug-likeness (QED) is 0.759. The third kappa shape index (κ3) is 3.54. The molecule has 3 N–H and O–H groups in total. The molecule has 1 fully saturated rings. The van der Waals surface area contributed by atoms with Crippen LogP contribution in [0.4, 0.5) is 0 Å². The number of carbonyl (C=O) groups is 1. The standard InChI is InChI=1S/C18H28N2O4/c1-4-8-18(11-21)10-20(9-7-14(18)22)17(24)13-5-6-15(23)19-16(13)12(2)3/h5-6,12,14,21-22H,4,7-11H2,1-3H3,(H,19,23)/t14-,18+/m1/s1. The van der Waals surface area contributed by atoms with E-state index in [1.54, 1.807) is 11.0 Å². The molecule has 1 aliphatic heterocycles. The Morgan fingerprint density at radius 1 is 1.46 bits per heavy atom. The molecule has 2 heterocycles. The SMILES string of the molecule is CCC[C@@]1(CO)CN(C(=O)c2ccc(=O)[nH]c2C(C)C)CC[C@H]1O. The van der Waals surface area contributed by atoms with Gasteiger partial charge in [-0.2, -0.15) is 0 Å². The molecule has 6 heteroatoms. The van der Waals surface area contributed by atoms with Crippen LogP contribution in [0.15, 0.2) is 16.9 Å². The molecule has 1 aromatic rings. The van der Waals surface area contributed by atoms with E-state index in [4.69, 9.17) is 0 Å². The van der Waals surface area contributed by atoms with E-state index < -0.39 is 11.5 Å². The molecule has 1 aromatic heterocycles. The predicted octanol–water partition coefficient (Wildman–Crippen LogP) is 1.48. The fourth-order valence-corrected chi connectivity index (χ4v) is 3.60. The average Bonchev–Trinajstić information content (AvgIpc) is 2.56. The molecule has 0 saturated carbocycles. The van der Waals surface area contributed by atoms with Crippen molar-refractivity contribution in [2.45, 2.75) is 52.1 Å². The van der Waals surface area contributed by atoms with E-state index in [0.717, 1.165) is 6.42 Å². The largest absolute Gasteiger partial charge is 0.396 e. The summed E-state index contributed by atoms with van der Waals surface area (Å²) in [5.41, 5.74) is 0.232. The first-order chi connectivity index (χ1) is 11.3. The average molecular weight is 336 g/mol. The Bertz CT molecular complexity index is 640. The van der Waals surface area contributed by atoms with Gasteiger partial charge in [0.25, 0.3) is 5.91 Å². The Balaban J connectivity index is 2.32. The van der Waals surface area contributed by atoms with Gasteiger partial charge in [0.05, 0.1) is 18.3 Å². The number of rotatable bonds is 5. The lowest BCUT2D eigenvalue weighted by molar-refractivity contribution is -0.0720. The number of pyridine rings is 1. The van der Waals surface area contributed by atoms with Crippen LogP contribution in [-0.2, 0) is 0 Å². The molecule has 0 spiro atoms. The number of nitrogens with one attached hydrogen (secondary N) is 1. The molecule has 0 unspecified atom stereocenters. The van der Waals surface area contributed by atoms with Gasteiger partial charge in [-0.25, -0.2) is 0 Å². The fourth-order valence-electron chi connectivity index (χ4n) is 3.60. The van der Waals surface area contributed by atoms with E-state index in [1.165, 1.54) is 6.07 Å². The van der Waals surface area contributed by atoms with E-state index in [1.807, 2.05) is 20.8 Å². The minimum absolute atomic E-state index is 0.0199. The third-order valence-corrected chi connectivity index (χ3v) is 4.99. The summed E-state index contributed by atoms with van der Waals surface area (Å²) in [7, 11) is 0. The van der Waals surface area contributed by atoms with Crippen molar-refractivity contribution in [3.8, 4) is 0 Å². The molecule has 6 nitrogen and oxygen atoms in total. The molecule has 24 heavy (non-hydrogen) atoms. The topological polar surface area (TPSA) is 93.6 Å². The minimum Gasteiger partial charge on any atom is -0.396 e. The molecule has 1 amide bonds. The van der Waals surface area contributed by atoms with Crippen molar-refractivity contribution < 1.29 is 15.0 Å². The first-order valence-corrected chi connectivity index (χ1v) is 8.66. The molecule has 0 radical (unpaired) electrons. The van der Waals surface area contributed by atoms with Crippen molar-refractivity contribution in [3.05, 3.63) is 33.7 Å². The summed E-state index contributed by atoms with van der Waals surface area (Å²) in [4.78, 5) is 29.0. The zero-order valence-electron chi connectivity index (χ0n) is 14.7. The highest BCUT2D eigenvalue weighted by molar-refractivity contribution is 5.95. The monoisotopic (exact) mass is 336 g/mol. The predicted molar refractivity (Wildman–Crippen MR) is 92.1 cm³/mol. The van der Waals surface area contributed by atoms with Crippen molar-refractivity contribution in [2.75, 3.05) is 19.7 Å². The number of aliphatic hydroxyl groups is 2. The Labute approximate surface area is 142 Å². The van der Waals surface area contributed by atoms with Gasteiger partial charge in [-0.3, -0.25) is 9.59 Å². The number of hydrogen-bond donors (Lipinski definition) is 3. The highest BCUT2D eigenvalue weighted by Crippen LogP contribution is 2.35. The Hall–Kier alpha value is -1.66. The van der Waals surface area contributed by atoms with Crippen LogP contribution >= 0.6 is 0 Å². The number of piperidine rings is 1. The maximum absolute atomic E-state index is 13.0. The summed E-state index contributed by atoms with van der Waals surface area (Å²) in [6.07, 6.45) is 1.34. The molecular weight excluding hydrogens is 308 g/mol. The highest BCUT2D eigenvalue weighted by Gasteiger charge is 2.43. The van der Waals surface area contributed by atoms with Crippen molar-refractivity contribution >= 4 is 5.91 Å². The summed E-state index contributed by atoms with van der Waals surface area (Å²) < 4.78 is 0. The van der Waals surface area contributed by atoms with E-state index in [-0.39, 0.29) is 24.0 Å². The smallest absolute Gasteiger partial charge is 0.255 e. The number of carbonyl (C=O) groups excluding carboxylic acids is 1. The van der Waals surface area contributed by atoms with Gasteiger partial charge in [-0.15, -0.1) is 0 Å². The van der Waals surface area contributed by atoms with Gasteiger partial charge in [0.2, 0.25) is 5.56 Å². The number of aliphatic hydroxyl groups excluding tert-OH is 2. The molecule has 2 rings (SSSR count). The molecule has 0 aromatic carbocycles. The number of aromatic amines is 1. The number of hydrogen-bond acceptors (Lipinski definition) is 4. The summed E-state index contributed by atoms with van der Waals surface area (Å²) in [5, 5.41) is 20.2. The Morgan fingerprint density at radius 2 is 2.17 bits per heavy atom. The molecule has 0 bridgehead atoms. The Morgan fingerprint density at radius 3 is 2.75 bits per heavy atom. The van der Waals surface area contributed by atoms with Crippen LogP contribution in [0.2, 0.25) is 0 Å².